The van der Waals surface area contributed by atoms with Crippen LogP contribution >= 0.6 is 46.4 Å². The second-order valence-corrected chi connectivity index (χ2v) is 9.51. The molecule has 4 rings (SSSR count). The number of halogens is 4. The Balaban J connectivity index is 1.43. The molecule has 32 heavy (non-hydrogen) atoms. The third-order valence-electron chi connectivity index (χ3n) is 5.53. The van der Waals surface area contributed by atoms with Gasteiger partial charge >= 0.3 is 0 Å². The van der Waals surface area contributed by atoms with Crippen LogP contribution in [0.2, 0.25) is 20.1 Å². The molecular weight excluding hydrogens is 486 g/mol. The molecule has 0 aromatic heterocycles. The van der Waals surface area contributed by atoms with Gasteiger partial charge in [-0.1, -0.05) is 52.5 Å². The minimum Gasteiger partial charge on any atom is -0.489 e. The zero-order valence-corrected chi connectivity index (χ0v) is 20.5. The molecular formula is C25H24Cl4N2O. The van der Waals surface area contributed by atoms with Gasteiger partial charge in [-0.05, 0) is 73.4 Å². The molecule has 0 unspecified atom stereocenters. The fraction of sp³-hybridized carbons (Fsp3) is 0.280. The molecule has 0 amide bonds. The Bertz CT molecular complexity index is 1080. The third-order valence-corrected chi connectivity index (χ3v) is 6.81. The van der Waals surface area contributed by atoms with Gasteiger partial charge in [-0.2, -0.15) is 0 Å². The highest BCUT2D eigenvalue weighted by Gasteiger charge is 2.14. The number of ether oxygens (including phenoxy) is 1. The molecule has 3 nitrogen and oxygen atoms in total. The normalized spacial score (nSPS) is 13.8. The monoisotopic (exact) mass is 508 g/mol. The summed E-state index contributed by atoms with van der Waals surface area (Å²) in [5.74, 6) is 0.754. The molecule has 1 N–H and O–H groups in total. The van der Waals surface area contributed by atoms with Crippen LogP contribution in [0.1, 0.15) is 30.4 Å². The highest BCUT2D eigenvalue weighted by Crippen LogP contribution is 2.32. The Morgan fingerprint density at radius 1 is 0.781 bits per heavy atom. The van der Waals surface area contributed by atoms with Crippen molar-refractivity contribution >= 4 is 57.8 Å². The SMILES string of the molecule is Clc1ccc(OCc2ccc(Cl)c(Cl)c2)c(CNc2ccc(N3CCCCC3)c(Cl)c2)c1. The van der Waals surface area contributed by atoms with Gasteiger partial charge in [0.1, 0.15) is 12.4 Å². The molecule has 1 heterocycles. The third kappa shape index (κ3) is 5.96. The van der Waals surface area contributed by atoms with E-state index in [2.05, 4.69) is 22.3 Å². The van der Waals surface area contributed by atoms with Crippen LogP contribution in [0.4, 0.5) is 11.4 Å². The molecule has 0 spiro atoms. The molecule has 1 saturated heterocycles. The highest BCUT2D eigenvalue weighted by molar-refractivity contribution is 6.42. The van der Waals surface area contributed by atoms with Gasteiger partial charge in [0.2, 0.25) is 0 Å². The predicted octanol–water partition coefficient (Wildman–Crippen LogP) is 8.48. The number of benzene rings is 3. The summed E-state index contributed by atoms with van der Waals surface area (Å²) in [5, 5.41) is 5.89. The second kappa shape index (κ2) is 10.9. The molecule has 3 aromatic carbocycles. The number of hydrogen-bond donors (Lipinski definition) is 1. The lowest BCUT2D eigenvalue weighted by Crippen LogP contribution is -2.29. The van der Waals surface area contributed by atoms with E-state index in [-0.39, 0.29) is 0 Å². The smallest absolute Gasteiger partial charge is 0.124 e. The summed E-state index contributed by atoms with van der Waals surface area (Å²) < 4.78 is 6.05. The maximum Gasteiger partial charge on any atom is 0.124 e. The van der Waals surface area contributed by atoms with Crippen LogP contribution in [0.25, 0.3) is 0 Å². The number of nitrogens with zero attached hydrogens (tertiary/aromatic N) is 1. The van der Waals surface area contributed by atoms with Crippen LogP contribution in [0, 0.1) is 0 Å². The van der Waals surface area contributed by atoms with E-state index >= 15 is 0 Å². The van der Waals surface area contributed by atoms with Crippen LogP contribution < -0.4 is 15.0 Å². The first-order valence-corrected chi connectivity index (χ1v) is 12.1. The first-order chi connectivity index (χ1) is 15.5. The van der Waals surface area contributed by atoms with E-state index in [4.69, 9.17) is 51.1 Å². The minimum absolute atomic E-state index is 0.377. The van der Waals surface area contributed by atoms with Crippen LogP contribution in [0.15, 0.2) is 54.6 Å². The molecule has 1 aliphatic heterocycles. The van der Waals surface area contributed by atoms with Crippen molar-refractivity contribution in [3.63, 3.8) is 0 Å². The molecule has 168 valence electrons. The highest BCUT2D eigenvalue weighted by atomic mass is 35.5. The molecule has 0 radical (unpaired) electrons. The molecule has 0 atom stereocenters. The van der Waals surface area contributed by atoms with Crippen molar-refractivity contribution in [2.45, 2.75) is 32.4 Å². The first-order valence-electron chi connectivity index (χ1n) is 10.6. The van der Waals surface area contributed by atoms with Gasteiger partial charge in [-0.25, -0.2) is 0 Å². The van der Waals surface area contributed by atoms with Crippen molar-refractivity contribution < 1.29 is 4.74 Å². The molecule has 0 bridgehead atoms. The van der Waals surface area contributed by atoms with Crippen LogP contribution in [0.3, 0.4) is 0 Å². The Kier molecular flexibility index (Phi) is 7.96. The van der Waals surface area contributed by atoms with Crippen molar-refractivity contribution in [1.82, 2.24) is 0 Å². The number of rotatable bonds is 7. The van der Waals surface area contributed by atoms with E-state index in [9.17, 15) is 0 Å². The Hall–Kier alpha value is -1.78. The summed E-state index contributed by atoms with van der Waals surface area (Å²) in [5.41, 5.74) is 3.94. The summed E-state index contributed by atoms with van der Waals surface area (Å²) in [4.78, 5) is 2.36. The van der Waals surface area contributed by atoms with Crippen molar-refractivity contribution in [3.05, 3.63) is 85.8 Å². The van der Waals surface area contributed by atoms with E-state index in [0.717, 1.165) is 46.4 Å². The molecule has 0 aliphatic carbocycles. The summed E-state index contributed by atoms with van der Waals surface area (Å²) in [7, 11) is 0. The van der Waals surface area contributed by atoms with Gasteiger partial charge in [0.25, 0.3) is 0 Å². The lowest BCUT2D eigenvalue weighted by Gasteiger charge is -2.29. The quantitative estimate of drug-likeness (QED) is 0.345. The number of piperidine rings is 1. The van der Waals surface area contributed by atoms with E-state index in [1.54, 1.807) is 6.07 Å². The van der Waals surface area contributed by atoms with Crippen LogP contribution in [-0.2, 0) is 13.2 Å². The van der Waals surface area contributed by atoms with Crippen molar-refractivity contribution in [2.75, 3.05) is 23.3 Å². The molecule has 1 aliphatic rings. The van der Waals surface area contributed by atoms with Gasteiger partial charge in [-0.15, -0.1) is 0 Å². The van der Waals surface area contributed by atoms with Crippen LogP contribution in [0.5, 0.6) is 5.75 Å². The average Bonchev–Trinajstić information content (AvgIpc) is 2.80. The Morgan fingerprint density at radius 3 is 2.34 bits per heavy atom. The summed E-state index contributed by atoms with van der Waals surface area (Å²) in [6.07, 6.45) is 3.73. The lowest BCUT2D eigenvalue weighted by molar-refractivity contribution is 0.303. The number of nitrogens with one attached hydrogen (secondary N) is 1. The maximum atomic E-state index is 6.59. The Morgan fingerprint density at radius 2 is 1.59 bits per heavy atom. The van der Waals surface area contributed by atoms with Crippen molar-refractivity contribution in [1.29, 1.82) is 0 Å². The Labute approximate surface area is 209 Å². The number of anilines is 2. The fourth-order valence-corrected chi connectivity index (χ4v) is 4.64. The van der Waals surface area contributed by atoms with Gasteiger partial charge in [0.15, 0.2) is 0 Å². The summed E-state index contributed by atoms with van der Waals surface area (Å²) in [6, 6.07) is 17.2. The second-order valence-electron chi connectivity index (χ2n) is 7.86. The van der Waals surface area contributed by atoms with Gasteiger partial charge < -0.3 is 15.0 Å². The largest absolute Gasteiger partial charge is 0.489 e. The maximum absolute atomic E-state index is 6.59. The van der Waals surface area contributed by atoms with Crippen LogP contribution in [-0.4, -0.2) is 13.1 Å². The molecule has 1 fully saturated rings. The van der Waals surface area contributed by atoms with E-state index in [1.807, 2.05) is 36.4 Å². The predicted molar refractivity (Wildman–Crippen MR) is 137 cm³/mol. The van der Waals surface area contributed by atoms with Gasteiger partial charge in [0.05, 0.1) is 20.8 Å². The van der Waals surface area contributed by atoms with Gasteiger partial charge in [0, 0.05) is 35.9 Å². The first kappa shape index (κ1) is 23.4. The van der Waals surface area contributed by atoms with Crippen molar-refractivity contribution in [2.24, 2.45) is 0 Å². The van der Waals surface area contributed by atoms with Gasteiger partial charge in [-0.3, -0.25) is 0 Å². The minimum atomic E-state index is 0.377. The topological polar surface area (TPSA) is 24.5 Å². The fourth-order valence-electron chi connectivity index (χ4n) is 3.82. The summed E-state index contributed by atoms with van der Waals surface area (Å²) >= 11 is 24.9. The average molecular weight is 510 g/mol. The standard InChI is InChI=1S/C25H24Cl4N2O/c26-19-5-9-25(32-16-17-4-7-21(27)22(28)12-17)18(13-19)15-30-20-6-8-24(23(29)14-20)31-10-2-1-3-11-31/h4-9,12-14,30H,1-3,10-11,15-16H2. The van der Waals surface area contributed by atoms with E-state index in [1.165, 1.54) is 19.3 Å². The summed E-state index contributed by atoms with van der Waals surface area (Å²) in [6.45, 7) is 3.06. The number of hydrogen-bond acceptors (Lipinski definition) is 3. The zero-order valence-electron chi connectivity index (χ0n) is 17.5. The lowest BCUT2D eigenvalue weighted by atomic mass is 10.1. The van der Waals surface area contributed by atoms with E-state index < -0.39 is 0 Å². The van der Waals surface area contributed by atoms with E-state index in [0.29, 0.717) is 28.2 Å². The zero-order chi connectivity index (χ0) is 22.5. The molecule has 7 heteroatoms. The van der Waals surface area contributed by atoms with Crippen molar-refractivity contribution in [3.8, 4) is 5.75 Å². The molecule has 0 saturated carbocycles. The molecule has 3 aromatic rings.